The molecule has 1 saturated heterocycles. The molecule has 1 unspecified atom stereocenters. The molecule has 8 rings (SSSR count). The highest BCUT2D eigenvalue weighted by molar-refractivity contribution is 7.10. The summed E-state index contributed by atoms with van der Waals surface area (Å²) in [6, 6.07) is 62.3. The monoisotopic (exact) mass is 846 g/mol. The normalized spacial score (nSPS) is 19.2. The number of rotatable bonds is 21. The molecule has 0 spiro atoms. The molecule has 1 aromatic heterocycles. The van der Waals surface area contributed by atoms with Crippen LogP contribution in [0.4, 0.5) is 0 Å². The predicted octanol–water partition coefficient (Wildman–Crippen LogP) is 11.5. The van der Waals surface area contributed by atoms with E-state index in [1.165, 1.54) is 10.4 Å². The first-order valence-corrected chi connectivity index (χ1v) is 22.2. The molecule has 0 amide bonds. The second-order valence-electron chi connectivity index (χ2n) is 15.5. The molecule has 0 radical (unpaired) electrons. The summed E-state index contributed by atoms with van der Waals surface area (Å²) in [7, 11) is 1.63. The van der Waals surface area contributed by atoms with Crippen LogP contribution >= 0.6 is 11.3 Å². The quantitative estimate of drug-likeness (QED) is 0.0668. The van der Waals surface area contributed by atoms with Gasteiger partial charge in [-0.25, -0.2) is 0 Å². The average molecular weight is 847 g/mol. The van der Waals surface area contributed by atoms with Crippen molar-refractivity contribution in [2.75, 3.05) is 20.5 Å². The molecule has 2 heterocycles. The minimum atomic E-state index is -0.658. The van der Waals surface area contributed by atoms with Gasteiger partial charge in [-0.3, -0.25) is 0 Å². The Morgan fingerprint density at radius 3 is 1.58 bits per heavy atom. The van der Waals surface area contributed by atoms with E-state index >= 15 is 0 Å². The Morgan fingerprint density at radius 1 is 0.532 bits per heavy atom. The van der Waals surface area contributed by atoms with E-state index < -0.39 is 30.5 Å². The summed E-state index contributed by atoms with van der Waals surface area (Å²) in [5.41, 5.74) is 7.44. The Balaban J connectivity index is 1.23. The summed E-state index contributed by atoms with van der Waals surface area (Å²) >= 11 is 1.77. The molecule has 8 heteroatoms. The maximum atomic E-state index is 7.39. The van der Waals surface area contributed by atoms with E-state index in [4.69, 9.17) is 33.2 Å². The van der Waals surface area contributed by atoms with Crippen LogP contribution in [0.25, 0.3) is 0 Å². The van der Waals surface area contributed by atoms with Gasteiger partial charge in [0.05, 0.1) is 33.0 Å². The third-order valence-corrected chi connectivity index (χ3v) is 12.1. The number of thiophene rings is 1. The third-order valence-electron chi connectivity index (χ3n) is 11.1. The standard InChI is InChI=1S/C54H54O7S/c1-55-39-60-48-30-29-45(46(50-28-17-31-62-50)32-40-18-7-2-8-19-40)33-47(48)51-53(58-36-43-24-13-5-14-25-43)54(59-37-44-26-15-6-16-27-44)52(57-35-42-22-11-4-12-23-42)49(61-51)38-56-34-41-20-9-3-10-21-41/h2-31,33,46,49,51-54H,32,34-39H2,1H3/t46?,49-,51+,52-,53+,54+/m1/s1. The van der Waals surface area contributed by atoms with Crippen LogP contribution in [-0.4, -0.2) is 44.9 Å². The van der Waals surface area contributed by atoms with Crippen LogP contribution in [0, 0.1) is 0 Å². The van der Waals surface area contributed by atoms with Crippen molar-refractivity contribution in [3.05, 3.63) is 231 Å². The van der Waals surface area contributed by atoms with Gasteiger partial charge in [-0.15, -0.1) is 11.3 Å². The largest absolute Gasteiger partial charge is 0.467 e. The lowest BCUT2D eigenvalue weighted by atomic mass is 9.85. The van der Waals surface area contributed by atoms with E-state index in [2.05, 4.69) is 109 Å². The van der Waals surface area contributed by atoms with Gasteiger partial charge in [-0.1, -0.05) is 164 Å². The number of benzene rings is 6. The summed E-state index contributed by atoms with van der Waals surface area (Å²) in [6.45, 7) is 1.76. The van der Waals surface area contributed by atoms with E-state index in [0.29, 0.717) is 32.2 Å². The Bertz CT molecular complexity index is 2310. The minimum absolute atomic E-state index is 0.0628. The first-order chi connectivity index (χ1) is 30.7. The van der Waals surface area contributed by atoms with Crippen molar-refractivity contribution in [3.8, 4) is 5.75 Å². The van der Waals surface area contributed by atoms with Gasteiger partial charge in [0.2, 0.25) is 0 Å². The third kappa shape index (κ3) is 11.7. The Labute approximate surface area is 369 Å². The van der Waals surface area contributed by atoms with E-state index in [1.807, 2.05) is 78.9 Å². The van der Waals surface area contributed by atoms with E-state index in [1.54, 1.807) is 18.4 Å². The van der Waals surface area contributed by atoms with Crippen LogP contribution in [0.3, 0.4) is 0 Å². The Kier molecular flexibility index (Phi) is 15.8. The molecule has 6 atom stereocenters. The molecular formula is C54H54O7S. The molecule has 1 aliphatic heterocycles. The fraction of sp³-hybridized carbons (Fsp3) is 0.259. The van der Waals surface area contributed by atoms with Crippen molar-refractivity contribution < 1.29 is 33.2 Å². The lowest BCUT2D eigenvalue weighted by molar-refractivity contribution is -0.275. The van der Waals surface area contributed by atoms with Gasteiger partial charge in [0.25, 0.3) is 0 Å². The molecular weight excluding hydrogens is 793 g/mol. The molecule has 1 fully saturated rings. The van der Waals surface area contributed by atoms with Crippen LogP contribution in [0.2, 0.25) is 0 Å². The van der Waals surface area contributed by atoms with Gasteiger partial charge in [0, 0.05) is 23.5 Å². The van der Waals surface area contributed by atoms with Crippen LogP contribution < -0.4 is 4.74 Å². The van der Waals surface area contributed by atoms with Gasteiger partial charge in [-0.2, -0.15) is 0 Å². The van der Waals surface area contributed by atoms with Crippen molar-refractivity contribution in [2.24, 2.45) is 0 Å². The molecule has 318 valence electrons. The molecule has 7 aromatic rings. The van der Waals surface area contributed by atoms with Crippen molar-refractivity contribution in [1.29, 1.82) is 0 Å². The van der Waals surface area contributed by atoms with E-state index in [-0.39, 0.29) is 19.3 Å². The summed E-state index contributed by atoms with van der Waals surface area (Å²) < 4.78 is 47.0. The smallest absolute Gasteiger partial charge is 0.188 e. The first-order valence-electron chi connectivity index (χ1n) is 21.3. The predicted molar refractivity (Wildman–Crippen MR) is 244 cm³/mol. The molecule has 1 aliphatic rings. The molecule has 7 nitrogen and oxygen atoms in total. The zero-order valence-electron chi connectivity index (χ0n) is 35.1. The van der Waals surface area contributed by atoms with Gasteiger partial charge in [0.15, 0.2) is 6.79 Å². The van der Waals surface area contributed by atoms with Gasteiger partial charge >= 0.3 is 0 Å². The fourth-order valence-electron chi connectivity index (χ4n) is 8.02. The first kappa shape index (κ1) is 43.2. The summed E-state index contributed by atoms with van der Waals surface area (Å²) in [4.78, 5) is 1.28. The molecule has 0 aliphatic carbocycles. The highest BCUT2D eigenvalue weighted by Crippen LogP contribution is 2.44. The summed E-state index contributed by atoms with van der Waals surface area (Å²) in [5, 5.41) is 2.15. The molecule has 62 heavy (non-hydrogen) atoms. The van der Waals surface area contributed by atoms with Crippen LogP contribution in [-0.2, 0) is 61.3 Å². The second-order valence-corrected chi connectivity index (χ2v) is 16.5. The van der Waals surface area contributed by atoms with Crippen molar-refractivity contribution in [2.45, 2.75) is 69.3 Å². The highest BCUT2D eigenvalue weighted by atomic mass is 32.1. The van der Waals surface area contributed by atoms with Crippen LogP contribution in [0.1, 0.15) is 55.8 Å². The fourth-order valence-corrected chi connectivity index (χ4v) is 8.88. The topological polar surface area (TPSA) is 64.6 Å². The van der Waals surface area contributed by atoms with Crippen LogP contribution in [0.5, 0.6) is 5.75 Å². The molecule has 6 aromatic carbocycles. The average Bonchev–Trinajstić information content (AvgIpc) is 3.88. The van der Waals surface area contributed by atoms with E-state index in [9.17, 15) is 0 Å². The lowest BCUT2D eigenvalue weighted by Crippen LogP contribution is -2.58. The van der Waals surface area contributed by atoms with Crippen molar-refractivity contribution in [3.63, 3.8) is 0 Å². The number of methoxy groups -OCH3 is 1. The summed E-state index contributed by atoms with van der Waals surface area (Å²) in [5.74, 6) is 0.727. The highest BCUT2D eigenvalue weighted by Gasteiger charge is 2.50. The maximum absolute atomic E-state index is 7.39. The summed E-state index contributed by atoms with van der Waals surface area (Å²) in [6.07, 6.45) is -2.19. The lowest BCUT2D eigenvalue weighted by Gasteiger charge is -2.46. The zero-order valence-corrected chi connectivity index (χ0v) is 35.9. The van der Waals surface area contributed by atoms with Crippen molar-refractivity contribution in [1.82, 2.24) is 0 Å². The molecule has 0 bridgehead atoms. The van der Waals surface area contributed by atoms with Gasteiger partial charge in [0.1, 0.15) is 36.3 Å². The van der Waals surface area contributed by atoms with Crippen molar-refractivity contribution >= 4 is 11.3 Å². The second kappa shape index (κ2) is 22.6. The number of hydrogen-bond acceptors (Lipinski definition) is 8. The van der Waals surface area contributed by atoms with E-state index in [0.717, 1.165) is 39.8 Å². The van der Waals surface area contributed by atoms with Gasteiger partial charge < -0.3 is 33.2 Å². The number of ether oxygens (including phenoxy) is 7. The SMILES string of the molecule is COCOc1ccc(C(Cc2ccccc2)c2cccs2)cc1[C@@H]1O[C@H](COCc2ccccc2)[C@@H](OCc2ccccc2)[C@H](OCc2ccccc2)[C@H]1OCc1ccccc1. The number of hydrogen-bond donors (Lipinski definition) is 0. The Morgan fingerprint density at radius 2 is 1.05 bits per heavy atom. The molecule has 0 N–H and O–H groups in total. The van der Waals surface area contributed by atoms with Gasteiger partial charge in [-0.05, 0) is 63.4 Å². The zero-order chi connectivity index (χ0) is 42.2. The minimum Gasteiger partial charge on any atom is -0.467 e. The molecule has 0 saturated carbocycles. The maximum Gasteiger partial charge on any atom is 0.188 e. The Hall–Kier alpha value is -5.42. The van der Waals surface area contributed by atoms with Crippen LogP contribution in [0.15, 0.2) is 187 Å².